The topological polar surface area (TPSA) is 55.6 Å². The molecule has 0 fully saturated rings. The van der Waals surface area contributed by atoms with Crippen LogP contribution in [0.4, 0.5) is 0 Å². The molecule has 0 bridgehead atoms. The highest BCUT2D eigenvalue weighted by atomic mass is 32.1. The third-order valence-corrected chi connectivity index (χ3v) is 6.18. The number of hydrogen-bond donors (Lipinski definition) is 0. The minimum absolute atomic E-state index is 0.0749. The summed E-state index contributed by atoms with van der Waals surface area (Å²) >= 11 is 3.24. The number of aryl methyl sites for hydroxylation is 1. The summed E-state index contributed by atoms with van der Waals surface area (Å²) in [5.41, 5.74) is 1.81. The molecule has 4 rings (SSSR count). The zero-order chi connectivity index (χ0) is 21.5. The molecule has 0 aliphatic heterocycles. The van der Waals surface area contributed by atoms with Gasteiger partial charge in [-0.25, -0.2) is 4.98 Å². The maximum absolute atomic E-state index is 12.9. The molecule has 3 heterocycles. The molecule has 7 heteroatoms. The van der Waals surface area contributed by atoms with Crippen LogP contribution in [0.15, 0.2) is 76.0 Å². The van der Waals surface area contributed by atoms with Crippen molar-refractivity contribution in [3.8, 4) is 5.75 Å². The predicted molar refractivity (Wildman–Crippen MR) is 124 cm³/mol. The number of ether oxygens (including phenoxy) is 1. The van der Waals surface area contributed by atoms with E-state index in [2.05, 4.69) is 4.98 Å². The number of thiazole rings is 1. The summed E-state index contributed by atoms with van der Waals surface area (Å²) in [4.78, 5) is 20.2. The Hall–Kier alpha value is -3.16. The average molecular weight is 451 g/mol. The van der Waals surface area contributed by atoms with Crippen molar-refractivity contribution in [1.82, 2.24) is 9.88 Å². The monoisotopic (exact) mass is 450 g/mol. The first-order chi connectivity index (χ1) is 15.2. The zero-order valence-corrected chi connectivity index (χ0v) is 18.7. The van der Waals surface area contributed by atoms with Crippen molar-refractivity contribution in [2.45, 2.75) is 26.6 Å². The minimum atomic E-state index is -0.0749. The fourth-order valence-corrected chi connectivity index (χ4v) is 4.32. The Kier molecular flexibility index (Phi) is 6.96. The molecule has 0 saturated heterocycles. The molecule has 3 aromatic heterocycles. The minimum Gasteiger partial charge on any atom is -0.487 e. The van der Waals surface area contributed by atoms with E-state index in [4.69, 9.17) is 9.15 Å². The molecule has 0 spiro atoms. The molecule has 0 unspecified atom stereocenters. The van der Waals surface area contributed by atoms with Crippen LogP contribution < -0.4 is 4.74 Å². The second-order valence-corrected chi connectivity index (χ2v) is 9.00. The number of aromatic nitrogens is 1. The molecule has 0 aliphatic rings. The van der Waals surface area contributed by atoms with Crippen molar-refractivity contribution < 1.29 is 13.9 Å². The van der Waals surface area contributed by atoms with E-state index in [1.165, 1.54) is 0 Å². The van der Waals surface area contributed by atoms with Crippen LogP contribution in [0.1, 0.15) is 26.9 Å². The van der Waals surface area contributed by atoms with Gasteiger partial charge in [-0.1, -0.05) is 18.2 Å². The maximum atomic E-state index is 12.9. The fourth-order valence-electron chi connectivity index (χ4n) is 3.01. The molecule has 0 N–H and O–H groups in total. The molecule has 158 valence electrons. The summed E-state index contributed by atoms with van der Waals surface area (Å²) in [6.45, 7) is 3.36. The van der Waals surface area contributed by atoms with Crippen molar-refractivity contribution in [3.05, 3.63) is 98.5 Å². The third-order valence-electron chi connectivity index (χ3n) is 4.50. The number of thiophene rings is 1. The van der Waals surface area contributed by atoms with Gasteiger partial charge in [-0.15, -0.1) is 22.7 Å². The van der Waals surface area contributed by atoms with Crippen molar-refractivity contribution >= 4 is 34.7 Å². The Morgan fingerprint density at radius 2 is 2.10 bits per heavy atom. The summed E-state index contributed by atoms with van der Waals surface area (Å²) < 4.78 is 11.3. The van der Waals surface area contributed by atoms with Crippen LogP contribution >= 0.6 is 22.7 Å². The lowest BCUT2D eigenvalue weighted by molar-refractivity contribution is -0.127. The molecular formula is C24H22N2O3S2. The molecule has 0 radical (unpaired) electrons. The number of hydrogen-bond acceptors (Lipinski definition) is 6. The van der Waals surface area contributed by atoms with Crippen molar-refractivity contribution in [3.63, 3.8) is 0 Å². The van der Waals surface area contributed by atoms with E-state index in [1.54, 1.807) is 39.9 Å². The van der Waals surface area contributed by atoms with Gasteiger partial charge < -0.3 is 14.1 Å². The van der Waals surface area contributed by atoms with Crippen LogP contribution in [0.3, 0.4) is 0 Å². The van der Waals surface area contributed by atoms with Crippen molar-refractivity contribution in [1.29, 1.82) is 0 Å². The summed E-state index contributed by atoms with van der Waals surface area (Å²) in [7, 11) is 0. The summed E-state index contributed by atoms with van der Waals surface area (Å²) in [5, 5.41) is 5.04. The number of furan rings is 1. The van der Waals surface area contributed by atoms with Crippen LogP contribution in [-0.4, -0.2) is 15.8 Å². The number of carbonyl (C=O) groups excluding carboxylic acids is 1. The summed E-state index contributed by atoms with van der Waals surface area (Å²) in [6, 6.07) is 15.4. The van der Waals surface area contributed by atoms with Gasteiger partial charge in [-0.3, -0.25) is 4.79 Å². The zero-order valence-electron chi connectivity index (χ0n) is 17.1. The fraction of sp³-hybridized carbons (Fsp3) is 0.167. The average Bonchev–Trinajstić information content (AvgIpc) is 3.54. The van der Waals surface area contributed by atoms with Gasteiger partial charge in [0.15, 0.2) is 0 Å². The Morgan fingerprint density at radius 3 is 2.84 bits per heavy atom. The highest BCUT2D eigenvalue weighted by Gasteiger charge is 2.14. The van der Waals surface area contributed by atoms with Gasteiger partial charge in [0.25, 0.3) is 0 Å². The first-order valence-corrected chi connectivity index (χ1v) is 11.6. The van der Waals surface area contributed by atoms with Gasteiger partial charge in [0, 0.05) is 16.3 Å². The molecule has 0 atom stereocenters. The van der Waals surface area contributed by atoms with Gasteiger partial charge in [0.1, 0.15) is 18.1 Å². The van der Waals surface area contributed by atoms with Crippen molar-refractivity contribution in [2.24, 2.45) is 0 Å². The molecule has 1 aromatic carbocycles. The Balaban J connectivity index is 1.41. The predicted octanol–water partition coefficient (Wildman–Crippen LogP) is 5.93. The quantitative estimate of drug-likeness (QED) is 0.297. The first kappa shape index (κ1) is 21.1. The van der Waals surface area contributed by atoms with Gasteiger partial charge in [-0.05, 0) is 54.3 Å². The van der Waals surface area contributed by atoms with E-state index in [9.17, 15) is 4.79 Å². The Bertz CT molecular complexity index is 1100. The number of amides is 1. The highest BCUT2D eigenvalue weighted by molar-refractivity contribution is 7.10. The van der Waals surface area contributed by atoms with Gasteiger partial charge in [0.2, 0.25) is 5.91 Å². The molecule has 4 aromatic rings. The van der Waals surface area contributed by atoms with Gasteiger partial charge >= 0.3 is 0 Å². The number of nitrogens with zero attached hydrogens (tertiary/aromatic N) is 2. The molecule has 31 heavy (non-hydrogen) atoms. The van der Waals surface area contributed by atoms with E-state index in [0.717, 1.165) is 32.7 Å². The molecular weight excluding hydrogens is 428 g/mol. The van der Waals surface area contributed by atoms with E-state index < -0.39 is 0 Å². The molecule has 5 nitrogen and oxygen atoms in total. The number of carbonyl (C=O) groups is 1. The van der Waals surface area contributed by atoms with Crippen LogP contribution in [-0.2, 0) is 24.5 Å². The highest BCUT2D eigenvalue weighted by Crippen LogP contribution is 2.19. The normalized spacial score (nSPS) is 11.1. The molecule has 0 aliphatic carbocycles. The van der Waals surface area contributed by atoms with Crippen molar-refractivity contribution in [2.75, 3.05) is 0 Å². The Labute approximate surface area is 189 Å². The maximum Gasteiger partial charge on any atom is 0.247 e. The largest absolute Gasteiger partial charge is 0.487 e. The lowest BCUT2D eigenvalue weighted by Crippen LogP contribution is -2.27. The number of rotatable bonds is 9. The summed E-state index contributed by atoms with van der Waals surface area (Å²) in [5.74, 6) is 1.42. The van der Waals surface area contributed by atoms with Gasteiger partial charge in [0.05, 0.1) is 30.1 Å². The van der Waals surface area contributed by atoms with Crippen LogP contribution in [0.5, 0.6) is 5.75 Å². The first-order valence-electron chi connectivity index (χ1n) is 9.81. The van der Waals surface area contributed by atoms with E-state index in [0.29, 0.717) is 19.7 Å². The Morgan fingerprint density at radius 1 is 1.16 bits per heavy atom. The van der Waals surface area contributed by atoms with E-state index in [-0.39, 0.29) is 5.91 Å². The summed E-state index contributed by atoms with van der Waals surface area (Å²) in [6.07, 6.45) is 5.03. The molecule has 0 saturated carbocycles. The second kappa shape index (κ2) is 10.2. The SMILES string of the molecule is Cc1nc(COc2cccc(/C=C/C(=O)N(Cc3ccco3)Cc3cccs3)c2)cs1. The van der Waals surface area contributed by atoms with Crippen LogP contribution in [0.2, 0.25) is 0 Å². The van der Waals surface area contributed by atoms with E-state index in [1.807, 2.05) is 72.3 Å². The lowest BCUT2D eigenvalue weighted by atomic mass is 10.2. The van der Waals surface area contributed by atoms with Crippen LogP contribution in [0.25, 0.3) is 6.08 Å². The van der Waals surface area contributed by atoms with Crippen LogP contribution in [0, 0.1) is 6.92 Å². The number of benzene rings is 1. The standard InChI is InChI=1S/C24H22N2O3S2/c1-18-25-20(17-31-18)16-29-21-6-2-5-19(13-21)9-10-24(27)26(14-22-7-3-11-28-22)15-23-8-4-12-30-23/h2-13,17H,14-16H2,1H3/b10-9+. The van der Waals surface area contributed by atoms with E-state index >= 15 is 0 Å². The smallest absolute Gasteiger partial charge is 0.247 e. The third kappa shape index (κ3) is 6.16. The lowest BCUT2D eigenvalue weighted by Gasteiger charge is -2.19. The second-order valence-electron chi connectivity index (χ2n) is 6.91. The molecule has 1 amide bonds. The van der Waals surface area contributed by atoms with Gasteiger partial charge in [-0.2, -0.15) is 0 Å².